The van der Waals surface area contributed by atoms with E-state index in [0.29, 0.717) is 12.5 Å². The first-order chi connectivity index (χ1) is 7.00. The highest BCUT2D eigenvalue weighted by molar-refractivity contribution is 5.82. The summed E-state index contributed by atoms with van der Waals surface area (Å²) in [5, 5.41) is 6.76. The molecule has 0 aliphatic carbocycles. The van der Waals surface area contributed by atoms with Gasteiger partial charge in [0.25, 0.3) is 0 Å². The highest BCUT2D eigenvalue weighted by Gasteiger charge is 2.16. The molecule has 3 N–H and O–H groups in total. The molecule has 1 amide bonds. The van der Waals surface area contributed by atoms with Crippen molar-refractivity contribution in [2.24, 2.45) is 18.7 Å². The Labute approximate surface area is 89.6 Å². The van der Waals surface area contributed by atoms with Gasteiger partial charge >= 0.3 is 0 Å². The van der Waals surface area contributed by atoms with Gasteiger partial charge in [-0.25, -0.2) is 0 Å². The molecule has 1 unspecified atom stereocenters. The van der Waals surface area contributed by atoms with E-state index in [4.69, 9.17) is 5.73 Å². The Bertz CT molecular complexity index is 332. The van der Waals surface area contributed by atoms with Crippen molar-refractivity contribution in [1.82, 2.24) is 15.1 Å². The van der Waals surface area contributed by atoms with Gasteiger partial charge in [0.1, 0.15) is 6.04 Å². The topological polar surface area (TPSA) is 72.9 Å². The molecule has 0 aliphatic heterocycles. The number of hydrogen-bond acceptors (Lipinski definition) is 3. The van der Waals surface area contributed by atoms with Gasteiger partial charge in [0.15, 0.2) is 0 Å². The van der Waals surface area contributed by atoms with E-state index in [1.807, 2.05) is 13.8 Å². The van der Waals surface area contributed by atoms with E-state index in [1.165, 1.54) is 0 Å². The number of amides is 1. The van der Waals surface area contributed by atoms with Crippen LogP contribution < -0.4 is 11.1 Å². The molecular formula is C10H18N4O. The lowest BCUT2D eigenvalue weighted by Gasteiger charge is -2.11. The van der Waals surface area contributed by atoms with Crippen LogP contribution >= 0.6 is 0 Å². The largest absolute Gasteiger partial charge is 0.354 e. The number of nitrogens with one attached hydrogen (secondary N) is 1. The summed E-state index contributed by atoms with van der Waals surface area (Å²) in [6.45, 7) is 4.72. The Morgan fingerprint density at radius 1 is 1.67 bits per heavy atom. The number of rotatable bonds is 4. The van der Waals surface area contributed by atoms with Crippen molar-refractivity contribution in [3.63, 3.8) is 0 Å². The Morgan fingerprint density at radius 3 is 2.80 bits per heavy atom. The second-order valence-corrected chi connectivity index (χ2v) is 4.06. The molecule has 0 fully saturated rings. The summed E-state index contributed by atoms with van der Waals surface area (Å²) in [6.07, 6.45) is 3.36. The van der Waals surface area contributed by atoms with Crippen molar-refractivity contribution in [3.8, 4) is 0 Å². The van der Waals surface area contributed by atoms with Crippen LogP contribution in [0.1, 0.15) is 25.5 Å². The molecule has 1 aromatic rings. The summed E-state index contributed by atoms with van der Waals surface area (Å²) < 4.78 is 1.63. The van der Waals surface area contributed by atoms with Crippen LogP contribution in [0, 0.1) is 5.92 Å². The molecule has 1 atom stereocenters. The summed E-state index contributed by atoms with van der Waals surface area (Å²) in [5.41, 5.74) is 6.51. The Kier molecular flexibility index (Phi) is 3.85. The van der Waals surface area contributed by atoms with E-state index in [2.05, 4.69) is 10.4 Å². The van der Waals surface area contributed by atoms with Gasteiger partial charge in [-0.05, 0) is 5.92 Å². The molecule has 0 bridgehead atoms. The maximum Gasteiger partial charge on any atom is 0.241 e. The average Bonchev–Trinajstić information content (AvgIpc) is 2.60. The van der Waals surface area contributed by atoms with Gasteiger partial charge < -0.3 is 11.1 Å². The van der Waals surface area contributed by atoms with E-state index < -0.39 is 6.04 Å². The van der Waals surface area contributed by atoms with Gasteiger partial charge in [-0.15, -0.1) is 0 Å². The first kappa shape index (κ1) is 11.7. The van der Waals surface area contributed by atoms with Gasteiger partial charge in [0.2, 0.25) is 5.91 Å². The summed E-state index contributed by atoms with van der Waals surface area (Å²) in [5.74, 6) is 0.270. The number of aryl methyl sites for hydroxylation is 1. The third-order valence-electron chi connectivity index (χ3n) is 2.05. The minimum atomic E-state index is -0.627. The lowest BCUT2D eigenvalue weighted by atomic mass is 10.1. The molecule has 0 saturated heterocycles. The standard InChI is InChI=1S/C10H18N4O/c1-7(2)4-12-10(15)9(11)8-5-13-14(3)6-8/h5-7,9H,4,11H2,1-3H3,(H,12,15). The molecule has 0 aliphatic rings. The number of carbonyl (C=O) groups excluding carboxylic acids is 1. The van der Waals surface area contributed by atoms with Crippen LogP contribution in [-0.4, -0.2) is 22.2 Å². The third-order valence-corrected chi connectivity index (χ3v) is 2.05. The first-order valence-electron chi connectivity index (χ1n) is 5.02. The van der Waals surface area contributed by atoms with Gasteiger partial charge in [0, 0.05) is 25.4 Å². The highest BCUT2D eigenvalue weighted by Crippen LogP contribution is 2.08. The molecule has 1 heterocycles. The maximum atomic E-state index is 11.6. The molecule has 1 aromatic heterocycles. The predicted octanol–water partition coefficient (Wildman–Crippen LogP) is 0.192. The zero-order chi connectivity index (χ0) is 11.4. The molecule has 0 radical (unpaired) electrons. The maximum absolute atomic E-state index is 11.6. The molecule has 1 rings (SSSR count). The fourth-order valence-corrected chi connectivity index (χ4v) is 1.17. The quantitative estimate of drug-likeness (QED) is 0.745. The SMILES string of the molecule is CC(C)CNC(=O)C(N)c1cnn(C)c1. The minimum absolute atomic E-state index is 0.156. The zero-order valence-corrected chi connectivity index (χ0v) is 9.40. The lowest BCUT2D eigenvalue weighted by molar-refractivity contribution is -0.122. The lowest BCUT2D eigenvalue weighted by Crippen LogP contribution is -2.35. The van der Waals surface area contributed by atoms with Gasteiger partial charge in [-0.1, -0.05) is 13.8 Å². The van der Waals surface area contributed by atoms with Crippen LogP contribution in [-0.2, 0) is 11.8 Å². The molecule has 5 heteroatoms. The summed E-state index contributed by atoms with van der Waals surface area (Å²) >= 11 is 0. The zero-order valence-electron chi connectivity index (χ0n) is 9.40. The number of hydrogen-bond donors (Lipinski definition) is 2. The Morgan fingerprint density at radius 2 is 2.33 bits per heavy atom. The van der Waals surface area contributed by atoms with Crippen molar-refractivity contribution in [2.45, 2.75) is 19.9 Å². The molecular weight excluding hydrogens is 192 g/mol. The molecule has 5 nitrogen and oxygen atoms in total. The normalized spacial score (nSPS) is 12.9. The van der Waals surface area contributed by atoms with Crippen molar-refractivity contribution < 1.29 is 4.79 Å². The monoisotopic (exact) mass is 210 g/mol. The molecule has 0 aromatic carbocycles. The Balaban J connectivity index is 2.53. The third kappa shape index (κ3) is 3.36. The van der Waals surface area contributed by atoms with Gasteiger partial charge in [-0.2, -0.15) is 5.10 Å². The first-order valence-corrected chi connectivity index (χ1v) is 5.02. The van der Waals surface area contributed by atoms with Gasteiger partial charge in [-0.3, -0.25) is 9.48 Å². The minimum Gasteiger partial charge on any atom is -0.354 e. The fourth-order valence-electron chi connectivity index (χ4n) is 1.17. The van der Waals surface area contributed by atoms with Crippen molar-refractivity contribution in [3.05, 3.63) is 18.0 Å². The number of carbonyl (C=O) groups is 1. The van der Waals surface area contributed by atoms with Crippen LogP contribution in [0.3, 0.4) is 0 Å². The van der Waals surface area contributed by atoms with Crippen molar-refractivity contribution in [2.75, 3.05) is 6.54 Å². The van der Waals surface area contributed by atoms with E-state index in [-0.39, 0.29) is 5.91 Å². The fraction of sp³-hybridized carbons (Fsp3) is 0.600. The molecule has 15 heavy (non-hydrogen) atoms. The van der Waals surface area contributed by atoms with Crippen LogP contribution in [0.5, 0.6) is 0 Å². The predicted molar refractivity (Wildman–Crippen MR) is 58.0 cm³/mol. The second-order valence-electron chi connectivity index (χ2n) is 4.06. The van der Waals surface area contributed by atoms with Crippen LogP contribution in [0.25, 0.3) is 0 Å². The van der Waals surface area contributed by atoms with Gasteiger partial charge in [0.05, 0.1) is 6.20 Å². The molecule has 0 saturated carbocycles. The smallest absolute Gasteiger partial charge is 0.241 e. The number of nitrogens with zero attached hydrogens (tertiary/aromatic N) is 2. The number of aromatic nitrogens is 2. The molecule has 84 valence electrons. The van der Waals surface area contributed by atoms with Crippen LogP contribution in [0.15, 0.2) is 12.4 Å². The second kappa shape index (κ2) is 4.93. The molecule has 0 spiro atoms. The summed E-state index contributed by atoms with van der Waals surface area (Å²) in [7, 11) is 1.79. The van der Waals surface area contributed by atoms with Crippen LogP contribution in [0.2, 0.25) is 0 Å². The van der Waals surface area contributed by atoms with Crippen LogP contribution in [0.4, 0.5) is 0 Å². The average molecular weight is 210 g/mol. The van der Waals surface area contributed by atoms with E-state index >= 15 is 0 Å². The summed E-state index contributed by atoms with van der Waals surface area (Å²) in [4.78, 5) is 11.6. The van der Waals surface area contributed by atoms with Crippen molar-refractivity contribution in [1.29, 1.82) is 0 Å². The van der Waals surface area contributed by atoms with E-state index in [1.54, 1.807) is 24.1 Å². The van der Waals surface area contributed by atoms with Crippen molar-refractivity contribution >= 4 is 5.91 Å². The van der Waals surface area contributed by atoms with E-state index in [0.717, 1.165) is 5.56 Å². The van der Waals surface area contributed by atoms with E-state index in [9.17, 15) is 4.79 Å². The number of nitrogens with two attached hydrogens (primary N) is 1. The Hall–Kier alpha value is -1.36. The summed E-state index contributed by atoms with van der Waals surface area (Å²) in [6, 6.07) is -0.627. The highest BCUT2D eigenvalue weighted by atomic mass is 16.2.